The third-order valence-corrected chi connectivity index (χ3v) is 5.69. The number of rotatable bonds is 4. The molecule has 0 aliphatic carbocycles. The lowest BCUT2D eigenvalue weighted by Crippen LogP contribution is -2.34. The monoisotopic (exact) mass is 390 g/mol. The molecule has 3 rings (SSSR count). The van der Waals surface area contributed by atoms with E-state index in [1.165, 1.54) is 18.3 Å². The zero-order valence-electron chi connectivity index (χ0n) is 15.8. The van der Waals surface area contributed by atoms with E-state index in [1.54, 1.807) is 29.6 Å². The first-order valence-corrected chi connectivity index (χ1v) is 9.52. The standard InChI is InChI=1S/C18H22N4O4S/c1-5-26-18(25)15-12-6-7-22(11(3)23)9-14(12)27-17(15)19-16(24)13-8-10(2)21(4)20-13/h8H,5-7,9H2,1-4H3,(H,19,24). The lowest BCUT2D eigenvalue weighted by atomic mass is 10.0. The van der Waals surface area contributed by atoms with Gasteiger partial charge in [0.2, 0.25) is 5.91 Å². The van der Waals surface area contributed by atoms with E-state index >= 15 is 0 Å². The van der Waals surface area contributed by atoms with Crippen molar-refractivity contribution in [2.45, 2.75) is 33.7 Å². The maximum atomic E-state index is 12.6. The number of nitrogens with zero attached hydrogens (tertiary/aromatic N) is 3. The van der Waals surface area contributed by atoms with Crippen LogP contribution >= 0.6 is 11.3 Å². The first kappa shape index (κ1) is 19.1. The molecule has 2 aromatic heterocycles. The van der Waals surface area contributed by atoms with Gasteiger partial charge in [-0.05, 0) is 31.9 Å². The minimum absolute atomic E-state index is 0.0127. The second-order valence-corrected chi connectivity index (χ2v) is 7.47. The van der Waals surface area contributed by atoms with Crippen molar-refractivity contribution in [1.82, 2.24) is 14.7 Å². The summed E-state index contributed by atoms with van der Waals surface area (Å²) in [6.45, 7) is 6.34. The minimum Gasteiger partial charge on any atom is -0.462 e. The van der Waals surface area contributed by atoms with Gasteiger partial charge in [-0.25, -0.2) is 4.79 Å². The number of esters is 1. The summed E-state index contributed by atoms with van der Waals surface area (Å²) in [5.74, 6) is -0.855. The van der Waals surface area contributed by atoms with Gasteiger partial charge in [-0.3, -0.25) is 14.3 Å². The van der Waals surface area contributed by atoms with Gasteiger partial charge in [0.05, 0.1) is 18.7 Å². The van der Waals surface area contributed by atoms with Crippen LogP contribution in [0.5, 0.6) is 0 Å². The van der Waals surface area contributed by atoms with Crippen LogP contribution in [0.4, 0.5) is 5.00 Å². The first-order chi connectivity index (χ1) is 12.8. The number of carbonyl (C=O) groups excluding carboxylic acids is 3. The van der Waals surface area contributed by atoms with Crippen molar-refractivity contribution in [1.29, 1.82) is 0 Å². The van der Waals surface area contributed by atoms with Crippen LogP contribution in [0.1, 0.15) is 50.8 Å². The lowest BCUT2D eigenvalue weighted by molar-refractivity contribution is -0.129. The molecule has 0 radical (unpaired) electrons. The Balaban J connectivity index is 1.95. The summed E-state index contributed by atoms with van der Waals surface area (Å²) in [7, 11) is 1.76. The fraction of sp³-hybridized carbons (Fsp3) is 0.444. The molecule has 3 heterocycles. The van der Waals surface area contributed by atoms with Crippen LogP contribution in [0.3, 0.4) is 0 Å². The lowest BCUT2D eigenvalue weighted by Gasteiger charge is -2.25. The normalized spacial score (nSPS) is 13.3. The van der Waals surface area contributed by atoms with Gasteiger partial charge in [-0.2, -0.15) is 5.10 Å². The number of nitrogens with one attached hydrogen (secondary N) is 1. The Morgan fingerprint density at radius 1 is 1.37 bits per heavy atom. The molecular weight excluding hydrogens is 368 g/mol. The molecule has 2 aromatic rings. The van der Waals surface area contributed by atoms with E-state index in [4.69, 9.17) is 4.74 Å². The highest BCUT2D eigenvalue weighted by Gasteiger charge is 2.30. The number of carbonyl (C=O) groups is 3. The number of hydrogen-bond donors (Lipinski definition) is 1. The zero-order valence-corrected chi connectivity index (χ0v) is 16.6. The molecule has 0 fully saturated rings. The average molecular weight is 390 g/mol. The molecule has 1 N–H and O–H groups in total. The Morgan fingerprint density at radius 3 is 2.70 bits per heavy atom. The second-order valence-electron chi connectivity index (χ2n) is 6.37. The summed E-state index contributed by atoms with van der Waals surface area (Å²) < 4.78 is 6.81. The van der Waals surface area contributed by atoms with Gasteiger partial charge in [0.15, 0.2) is 5.69 Å². The van der Waals surface area contributed by atoms with Crippen molar-refractivity contribution in [3.8, 4) is 0 Å². The number of ether oxygens (including phenoxy) is 1. The minimum atomic E-state index is -0.459. The Kier molecular flexibility index (Phi) is 5.31. The zero-order chi connectivity index (χ0) is 19.7. The molecule has 9 heteroatoms. The van der Waals surface area contributed by atoms with E-state index in [1.807, 2.05) is 6.92 Å². The molecule has 27 heavy (non-hydrogen) atoms. The first-order valence-electron chi connectivity index (χ1n) is 8.71. The summed E-state index contributed by atoms with van der Waals surface area (Å²) in [4.78, 5) is 39.4. The summed E-state index contributed by atoms with van der Waals surface area (Å²) in [5, 5.41) is 7.42. The Morgan fingerprint density at radius 2 is 2.11 bits per heavy atom. The number of hydrogen-bond acceptors (Lipinski definition) is 6. The molecule has 0 spiro atoms. The Hall–Kier alpha value is -2.68. The van der Waals surface area contributed by atoms with Gasteiger partial charge < -0.3 is 15.0 Å². The number of amides is 2. The fourth-order valence-corrected chi connectivity index (χ4v) is 4.26. The highest BCUT2D eigenvalue weighted by Crippen LogP contribution is 2.38. The number of aryl methyl sites for hydroxylation is 2. The molecule has 144 valence electrons. The number of aromatic nitrogens is 2. The molecule has 2 amide bonds. The highest BCUT2D eigenvalue weighted by atomic mass is 32.1. The third-order valence-electron chi connectivity index (χ3n) is 4.56. The predicted octanol–water partition coefficient (Wildman–Crippen LogP) is 2.12. The molecular formula is C18H22N4O4S. The van der Waals surface area contributed by atoms with E-state index in [0.717, 1.165) is 16.1 Å². The van der Waals surface area contributed by atoms with E-state index in [-0.39, 0.29) is 24.1 Å². The van der Waals surface area contributed by atoms with E-state index in [9.17, 15) is 14.4 Å². The van der Waals surface area contributed by atoms with E-state index in [2.05, 4.69) is 10.4 Å². The van der Waals surface area contributed by atoms with Crippen LogP contribution in [0.2, 0.25) is 0 Å². The molecule has 0 unspecified atom stereocenters. The van der Waals surface area contributed by atoms with Gasteiger partial charge in [-0.15, -0.1) is 11.3 Å². The topological polar surface area (TPSA) is 93.5 Å². The Labute approximate surface area is 161 Å². The largest absolute Gasteiger partial charge is 0.462 e. The van der Waals surface area contributed by atoms with Crippen molar-refractivity contribution in [3.05, 3.63) is 33.5 Å². The summed E-state index contributed by atoms with van der Waals surface area (Å²) >= 11 is 1.31. The average Bonchev–Trinajstić information content (AvgIpc) is 3.14. The van der Waals surface area contributed by atoms with Crippen LogP contribution in [0.25, 0.3) is 0 Å². The second kappa shape index (κ2) is 7.51. The quantitative estimate of drug-likeness (QED) is 0.807. The van der Waals surface area contributed by atoms with Crippen molar-refractivity contribution >= 4 is 34.1 Å². The predicted molar refractivity (Wildman–Crippen MR) is 101 cm³/mol. The summed E-state index contributed by atoms with van der Waals surface area (Å²) in [6.07, 6.45) is 0.554. The summed E-state index contributed by atoms with van der Waals surface area (Å²) in [5.41, 5.74) is 2.37. The maximum Gasteiger partial charge on any atom is 0.341 e. The van der Waals surface area contributed by atoms with Crippen LogP contribution in [-0.2, 0) is 29.5 Å². The Bertz CT molecular complexity index is 895. The van der Waals surface area contributed by atoms with Crippen LogP contribution in [0.15, 0.2) is 6.07 Å². The molecule has 0 bridgehead atoms. The fourth-order valence-electron chi connectivity index (χ4n) is 3.02. The van der Waals surface area contributed by atoms with Crippen LogP contribution < -0.4 is 5.32 Å². The van der Waals surface area contributed by atoms with E-state index in [0.29, 0.717) is 30.1 Å². The van der Waals surface area contributed by atoms with E-state index < -0.39 is 5.97 Å². The number of thiophene rings is 1. The molecule has 0 saturated heterocycles. The van der Waals surface area contributed by atoms with Crippen molar-refractivity contribution in [2.75, 3.05) is 18.5 Å². The van der Waals surface area contributed by atoms with Crippen molar-refractivity contribution < 1.29 is 19.1 Å². The third kappa shape index (κ3) is 3.73. The molecule has 0 atom stereocenters. The van der Waals surface area contributed by atoms with Gasteiger partial charge in [0.25, 0.3) is 5.91 Å². The molecule has 1 aliphatic heterocycles. The van der Waals surface area contributed by atoms with Crippen LogP contribution in [0, 0.1) is 6.92 Å². The molecule has 1 aliphatic rings. The van der Waals surface area contributed by atoms with Crippen molar-refractivity contribution in [3.63, 3.8) is 0 Å². The number of anilines is 1. The van der Waals surface area contributed by atoms with Gasteiger partial charge >= 0.3 is 5.97 Å². The van der Waals surface area contributed by atoms with Gasteiger partial charge in [0, 0.05) is 31.1 Å². The SMILES string of the molecule is CCOC(=O)c1c(NC(=O)c2cc(C)n(C)n2)sc2c1CCN(C(C)=O)C2. The molecule has 0 saturated carbocycles. The van der Waals surface area contributed by atoms with Crippen LogP contribution in [-0.4, -0.2) is 45.6 Å². The van der Waals surface area contributed by atoms with Crippen molar-refractivity contribution in [2.24, 2.45) is 7.05 Å². The van der Waals surface area contributed by atoms with Gasteiger partial charge in [-0.1, -0.05) is 0 Å². The van der Waals surface area contributed by atoms with Gasteiger partial charge in [0.1, 0.15) is 5.00 Å². The molecule has 8 nitrogen and oxygen atoms in total. The highest BCUT2D eigenvalue weighted by molar-refractivity contribution is 7.17. The number of fused-ring (bicyclic) bond motifs is 1. The maximum absolute atomic E-state index is 12.6. The smallest absolute Gasteiger partial charge is 0.341 e. The molecule has 0 aromatic carbocycles. The summed E-state index contributed by atoms with van der Waals surface area (Å²) in [6, 6.07) is 1.68.